The Labute approximate surface area is 115 Å². The maximum atomic E-state index is 11.5. The van der Waals surface area contributed by atoms with Crippen LogP contribution in [0.15, 0.2) is 10.7 Å². The van der Waals surface area contributed by atoms with Crippen LogP contribution in [-0.2, 0) is 4.79 Å². The molecule has 1 aliphatic carbocycles. The normalized spacial score (nSPS) is 14.7. The van der Waals surface area contributed by atoms with Gasteiger partial charge in [-0.1, -0.05) is 13.8 Å². The molecule has 2 N–H and O–H groups in total. The van der Waals surface area contributed by atoms with Crippen LogP contribution in [0, 0.1) is 0 Å². The van der Waals surface area contributed by atoms with E-state index in [0.29, 0.717) is 11.9 Å². The summed E-state index contributed by atoms with van der Waals surface area (Å²) < 4.78 is 0.728. The van der Waals surface area contributed by atoms with Gasteiger partial charge in [0.2, 0.25) is 5.91 Å². The molecule has 5 nitrogen and oxygen atoms in total. The number of halogens is 1. The first-order valence-corrected chi connectivity index (χ1v) is 6.91. The molecule has 2 rings (SSSR count). The van der Waals surface area contributed by atoms with Crippen LogP contribution in [0.25, 0.3) is 0 Å². The van der Waals surface area contributed by atoms with Gasteiger partial charge in [-0.05, 0) is 28.8 Å². The molecule has 1 saturated carbocycles. The molecule has 1 heterocycles. The zero-order valence-electron chi connectivity index (χ0n) is 10.5. The van der Waals surface area contributed by atoms with Crippen molar-refractivity contribution in [1.29, 1.82) is 0 Å². The molecule has 1 amide bonds. The van der Waals surface area contributed by atoms with Crippen molar-refractivity contribution in [1.82, 2.24) is 15.3 Å². The van der Waals surface area contributed by atoms with E-state index in [1.165, 1.54) is 0 Å². The van der Waals surface area contributed by atoms with Crippen molar-refractivity contribution in [3.05, 3.63) is 16.5 Å². The molecule has 0 bridgehead atoms. The average molecular weight is 313 g/mol. The van der Waals surface area contributed by atoms with Crippen LogP contribution in [0.3, 0.4) is 0 Å². The molecule has 0 spiro atoms. The van der Waals surface area contributed by atoms with E-state index < -0.39 is 0 Å². The van der Waals surface area contributed by atoms with Crippen LogP contribution in [0.1, 0.15) is 38.4 Å². The molecule has 0 unspecified atom stereocenters. The number of hydrogen-bond acceptors (Lipinski definition) is 4. The highest BCUT2D eigenvalue weighted by atomic mass is 79.9. The lowest BCUT2D eigenvalue weighted by Gasteiger charge is -2.09. The van der Waals surface area contributed by atoms with Gasteiger partial charge in [-0.25, -0.2) is 9.97 Å². The van der Waals surface area contributed by atoms with Crippen molar-refractivity contribution >= 4 is 27.7 Å². The van der Waals surface area contributed by atoms with Crippen LogP contribution >= 0.6 is 15.9 Å². The third-order valence-corrected chi connectivity index (χ3v) is 3.01. The molecule has 0 saturated heterocycles. The molecule has 1 aromatic rings. The number of hydrogen-bond donors (Lipinski definition) is 2. The van der Waals surface area contributed by atoms with E-state index in [-0.39, 0.29) is 18.4 Å². The van der Waals surface area contributed by atoms with Gasteiger partial charge in [0.15, 0.2) is 0 Å². The zero-order chi connectivity index (χ0) is 13.1. The second-order valence-electron chi connectivity index (χ2n) is 4.78. The molecule has 98 valence electrons. The highest BCUT2D eigenvalue weighted by molar-refractivity contribution is 9.10. The maximum Gasteiger partial charge on any atom is 0.239 e. The summed E-state index contributed by atoms with van der Waals surface area (Å²) in [6, 6.07) is 2.17. The standard InChI is InChI=1S/C12H17BrN4O/c1-7(2)12-16-9(13)5-10(17-12)14-6-11(18)15-8-3-4-8/h5,7-8H,3-4,6H2,1-2H3,(H,15,18)(H,14,16,17). The van der Waals surface area contributed by atoms with E-state index >= 15 is 0 Å². The van der Waals surface area contributed by atoms with E-state index in [9.17, 15) is 4.79 Å². The van der Waals surface area contributed by atoms with Gasteiger partial charge in [0.1, 0.15) is 16.2 Å². The van der Waals surface area contributed by atoms with Crippen molar-refractivity contribution in [2.75, 3.05) is 11.9 Å². The molecule has 6 heteroatoms. The number of carbonyl (C=O) groups excluding carboxylic acids is 1. The van der Waals surface area contributed by atoms with Crippen LogP contribution in [0.2, 0.25) is 0 Å². The van der Waals surface area contributed by atoms with Crippen LogP contribution < -0.4 is 10.6 Å². The largest absolute Gasteiger partial charge is 0.361 e. The third kappa shape index (κ3) is 3.94. The predicted molar refractivity (Wildman–Crippen MR) is 73.5 cm³/mol. The summed E-state index contributed by atoms with van der Waals surface area (Å²) in [5.74, 6) is 1.70. The number of nitrogens with zero attached hydrogens (tertiary/aromatic N) is 2. The van der Waals surface area contributed by atoms with Crippen molar-refractivity contribution in [3.8, 4) is 0 Å². The monoisotopic (exact) mass is 312 g/mol. The molecule has 1 fully saturated rings. The summed E-state index contributed by atoms with van der Waals surface area (Å²) in [5, 5.41) is 5.94. The first-order valence-electron chi connectivity index (χ1n) is 6.12. The average Bonchev–Trinajstić information content (AvgIpc) is 3.09. The topological polar surface area (TPSA) is 66.9 Å². The molecule has 0 atom stereocenters. The van der Waals surface area contributed by atoms with Crippen LogP contribution in [-0.4, -0.2) is 28.5 Å². The van der Waals surface area contributed by atoms with Crippen LogP contribution in [0.5, 0.6) is 0 Å². The van der Waals surface area contributed by atoms with Gasteiger partial charge in [-0.15, -0.1) is 0 Å². The van der Waals surface area contributed by atoms with E-state index in [1.807, 2.05) is 13.8 Å². The highest BCUT2D eigenvalue weighted by Gasteiger charge is 2.22. The summed E-state index contributed by atoms with van der Waals surface area (Å²) in [6.07, 6.45) is 2.20. The number of anilines is 1. The minimum absolute atomic E-state index is 0.0123. The molecule has 1 aromatic heterocycles. The van der Waals surface area contributed by atoms with Crippen molar-refractivity contribution in [2.45, 2.75) is 38.6 Å². The predicted octanol–water partition coefficient (Wildman–Crippen LogP) is 2.05. The van der Waals surface area contributed by atoms with E-state index in [4.69, 9.17) is 0 Å². The van der Waals surface area contributed by atoms with Crippen molar-refractivity contribution < 1.29 is 4.79 Å². The van der Waals surface area contributed by atoms with Crippen molar-refractivity contribution in [2.24, 2.45) is 0 Å². The summed E-state index contributed by atoms with van der Waals surface area (Å²) in [5.41, 5.74) is 0. The summed E-state index contributed by atoms with van der Waals surface area (Å²) in [7, 11) is 0. The fourth-order valence-electron chi connectivity index (χ4n) is 1.46. The first-order chi connectivity index (χ1) is 8.54. The second-order valence-corrected chi connectivity index (χ2v) is 5.60. The summed E-state index contributed by atoms with van der Waals surface area (Å²) >= 11 is 3.35. The lowest BCUT2D eigenvalue weighted by atomic mass is 10.2. The zero-order valence-corrected chi connectivity index (χ0v) is 12.1. The lowest BCUT2D eigenvalue weighted by Crippen LogP contribution is -2.31. The number of nitrogens with one attached hydrogen (secondary N) is 2. The lowest BCUT2D eigenvalue weighted by molar-refractivity contribution is -0.119. The van der Waals surface area contributed by atoms with E-state index in [0.717, 1.165) is 23.3 Å². The Balaban J connectivity index is 1.93. The molecular formula is C12H17BrN4O. The quantitative estimate of drug-likeness (QED) is 0.817. The number of carbonyl (C=O) groups is 1. The van der Waals surface area contributed by atoms with Crippen LogP contribution in [0.4, 0.5) is 5.82 Å². The number of aromatic nitrogens is 2. The van der Waals surface area contributed by atoms with Gasteiger partial charge >= 0.3 is 0 Å². The Morgan fingerprint density at radius 2 is 2.22 bits per heavy atom. The summed E-state index contributed by atoms with van der Waals surface area (Å²) in [6.45, 7) is 4.31. The molecule has 18 heavy (non-hydrogen) atoms. The summed E-state index contributed by atoms with van der Waals surface area (Å²) in [4.78, 5) is 20.2. The minimum atomic E-state index is 0.0123. The Hall–Kier alpha value is -1.17. The fraction of sp³-hybridized carbons (Fsp3) is 0.583. The molecule has 0 radical (unpaired) electrons. The SMILES string of the molecule is CC(C)c1nc(Br)cc(NCC(=O)NC2CC2)n1. The van der Waals surface area contributed by atoms with Gasteiger partial charge in [0.05, 0.1) is 6.54 Å². The molecule has 0 aliphatic heterocycles. The van der Waals surface area contributed by atoms with Gasteiger partial charge in [0, 0.05) is 18.0 Å². The molecular weight excluding hydrogens is 296 g/mol. The smallest absolute Gasteiger partial charge is 0.239 e. The maximum absolute atomic E-state index is 11.5. The van der Waals surface area contributed by atoms with E-state index in [1.54, 1.807) is 6.07 Å². The third-order valence-electron chi connectivity index (χ3n) is 2.60. The van der Waals surface area contributed by atoms with Crippen molar-refractivity contribution in [3.63, 3.8) is 0 Å². The van der Waals surface area contributed by atoms with E-state index in [2.05, 4.69) is 36.5 Å². The fourth-order valence-corrected chi connectivity index (χ4v) is 1.86. The molecule has 0 aromatic carbocycles. The van der Waals surface area contributed by atoms with Gasteiger partial charge < -0.3 is 10.6 Å². The van der Waals surface area contributed by atoms with Gasteiger partial charge in [0.25, 0.3) is 0 Å². The highest BCUT2D eigenvalue weighted by Crippen LogP contribution is 2.19. The molecule has 1 aliphatic rings. The minimum Gasteiger partial charge on any atom is -0.361 e. The Morgan fingerprint density at radius 1 is 1.50 bits per heavy atom. The number of rotatable bonds is 5. The second kappa shape index (κ2) is 5.65. The Kier molecular flexibility index (Phi) is 4.16. The number of amides is 1. The Bertz CT molecular complexity index is 446. The van der Waals surface area contributed by atoms with Gasteiger partial charge in [-0.2, -0.15) is 0 Å². The van der Waals surface area contributed by atoms with Gasteiger partial charge in [-0.3, -0.25) is 4.79 Å². The Morgan fingerprint density at radius 3 is 2.83 bits per heavy atom. The first kappa shape index (κ1) is 13.3.